The summed E-state index contributed by atoms with van der Waals surface area (Å²) in [5.41, 5.74) is 8.91. The summed E-state index contributed by atoms with van der Waals surface area (Å²) in [6.45, 7) is 0.833. The number of hydrogen-bond acceptors (Lipinski definition) is 1. The van der Waals surface area contributed by atoms with Crippen molar-refractivity contribution in [2.75, 3.05) is 13.6 Å². The number of aliphatic imine (C=N–C) groups is 1. The summed E-state index contributed by atoms with van der Waals surface area (Å²) in [4.78, 5) is 6.64. The predicted molar refractivity (Wildman–Crippen MR) is 85.6 cm³/mol. The van der Waals surface area contributed by atoms with Crippen LogP contribution in [0.15, 0.2) is 29.3 Å². The van der Waals surface area contributed by atoms with Crippen LogP contribution in [0.3, 0.4) is 0 Å². The van der Waals surface area contributed by atoms with Gasteiger partial charge in [0, 0.05) is 25.6 Å². The molecule has 0 saturated heterocycles. The van der Waals surface area contributed by atoms with Crippen LogP contribution in [-0.2, 0) is 6.42 Å². The van der Waals surface area contributed by atoms with Crippen molar-refractivity contribution in [1.82, 2.24) is 4.90 Å². The van der Waals surface area contributed by atoms with Crippen LogP contribution in [0, 0.1) is 0 Å². The smallest absolute Gasteiger partial charge is 0.191 e. The van der Waals surface area contributed by atoms with E-state index < -0.39 is 0 Å². The monoisotopic (exact) mass is 357 g/mol. The van der Waals surface area contributed by atoms with Crippen LogP contribution in [0.1, 0.15) is 29.9 Å². The van der Waals surface area contributed by atoms with Gasteiger partial charge in [0.2, 0.25) is 0 Å². The molecule has 1 atom stereocenters. The maximum Gasteiger partial charge on any atom is 0.191 e. The number of rotatable bonds is 3. The number of fused-ring (bicyclic) bond motifs is 1. The molecule has 0 heterocycles. The molecule has 2 N–H and O–H groups in total. The quantitative estimate of drug-likeness (QED) is 0.513. The number of benzene rings is 1. The Hall–Kier alpha value is -0.780. The Morgan fingerprint density at radius 2 is 2.11 bits per heavy atom. The lowest BCUT2D eigenvalue weighted by Gasteiger charge is -2.29. The molecule has 3 nitrogen and oxygen atoms in total. The lowest BCUT2D eigenvalue weighted by molar-refractivity contribution is 0.484. The molecule has 0 aromatic heterocycles. The predicted octanol–water partition coefficient (Wildman–Crippen LogP) is 2.35. The molecule has 3 rings (SSSR count). The zero-order chi connectivity index (χ0) is 11.8. The molecule has 0 radical (unpaired) electrons. The molecular formula is C14H20IN3. The van der Waals surface area contributed by atoms with Gasteiger partial charge in [-0.15, -0.1) is 24.0 Å². The first-order valence-corrected chi connectivity index (χ1v) is 6.36. The second kappa shape index (κ2) is 5.47. The molecule has 0 bridgehead atoms. The van der Waals surface area contributed by atoms with Gasteiger partial charge < -0.3 is 10.6 Å². The first-order valence-electron chi connectivity index (χ1n) is 6.36. The van der Waals surface area contributed by atoms with Gasteiger partial charge in [-0.25, -0.2) is 0 Å². The van der Waals surface area contributed by atoms with Gasteiger partial charge in [-0.05, 0) is 30.4 Å². The van der Waals surface area contributed by atoms with Gasteiger partial charge in [0.1, 0.15) is 0 Å². The van der Waals surface area contributed by atoms with Crippen molar-refractivity contribution in [2.45, 2.75) is 31.2 Å². The second-order valence-corrected chi connectivity index (χ2v) is 5.14. The Kier molecular flexibility index (Phi) is 4.14. The van der Waals surface area contributed by atoms with E-state index >= 15 is 0 Å². The summed E-state index contributed by atoms with van der Waals surface area (Å²) in [5.74, 6) is 1.29. The third-order valence-corrected chi connectivity index (χ3v) is 3.89. The molecule has 1 saturated carbocycles. The normalized spacial score (nSPS) is 21.6. The molecule has 2 aliphatic carbocycles. The highest BCUT2D eigenvalue weighted by Crippen LogP contribution is 2.34. The van der Waals surface area contributed by atoms with Crippen molar-refractivity contribution in [3.8, 4) is 0 Å². The molecule has 1 aromatic rings. The Balaban J connectivity index is 0.00000120. The van der Waals surface area contributed by atoms with Crippen molar-refractivity contribution in [2.24, 2.45) is 10.7 Å². The summed E-state index contributed by atoms with van der Waals surface area (Å²) in [5, 5.41) is 0. The molecule has 18 heavy (non-hydrogen) atoms. The Labute approximate surface area is 125 Å². The van der Waals surface area contributed by atoms with E-state index in [2.05, 4.69) is 34.2 Å². The summed E-state index contributed by atoms with van der Waals surface area (Å²) < 4.78 is 0. The zero-order valence-electron chi connectivity index (χ0n) is 10.7. The number of nitrogens with zero attached hydrogens (tertiary/aromatic N) is 2. The van der Waals surface area contributed by atoms with Crippen LogP contribution in [0.2, 0.25) is 0 Å². The lowest BCUT2D eigenvalue weighted by Crippen LogP contribution is -2.36. The van der Waals surface area contributed by atoms with Gasteiger partial charge in [-0.1, -0.05) is 24.3 Å². The second-order valence-electron chi connectivity index (χ2n) is 5.14. The summed E-state index contributed by atoms with van der Waals surface area (Å²) in [7, 11) is 2.05. The average Bonchev–Trinajstić information content (AvgIpc) is 3.13. The van der Waals surface area contributed by atoms with Crippen LogP contribution in [0.4, 0.5) is 0 Å². The summed E-state index contributed by atoms with van der Waals surface area (Å²) in [6, 6.07) is 9.27. The molecule has 98 valence electrons. The fourth-order valence-electron chi connectivity index (χ4n) is 2.49. The highest BCUT2D eigenvalue weighted by molar-refractivity contribution is 14.0. The van der Waals surface area contributed by atoms with Crippen LogP contribution >= 0.6 is 24.0 Å². The van der Waals surface area contributed by atoms with Crippen LogP contribution in [0.25, 0.3) is 0 Å². The van der Waals surface area contributed by atoms with Crippen molar-refractivity contribution < 1.29 is 0 Å². The zero-order valence-corrected chi connectivity index (χ0v) is 13.0. The molecule has 4 heteroatoms. The van der Waals surface area contributed by atoms with Gasteiger partial charge in [0.25, 0.3) is 0 Å². The van der Waals surface area contributed by atoms with Gasteiger partial charge in [-0.2, -0.15) is 0 Å². The fraction of sp³-hybridized carbons (Fsp3) is 0.500. The van der Waals surface area contributed by atoms with E-state index in [1.54, 1.807) is 0 Å². The Bertz CT molecular complexity index is 454. The first kappa shape index (κ1) is 13.6. The standard InChI is InChI=1S/C14H19N3.HI/c1-17(12-6-7-12)14(15)16-9-11-8-10-4-2-3-5-13(10)11;/h2-5,11-12H,6-9H2,1H3,(H2,15,16);1H. The van der Waals surface area contributed by atoms with E-state index in [9.17, 15) is 0 Å². The van der Waals surface area contributed by atoms with E-state index in [1.807, 2.05) is 7.05 Å². The van der Waals surface area contributed by atoms with Gasteiger partial charge in [0.15, 0.2) is 5.96 Å². The maximum absolute atomic E-state index is 5.98. The molecular weight excluding hydrogens is 337 g/mol. The molecule has 1 fully saturated rings. The largest absolute Gasteiger partial charge is 0.370 e. The Morgan fingerprint density at radius 1 is 1.39 bits per heavy atom. The minimum absolute atomic E-state index is 0. The number of hydrogen-bond donors (Lipinski definition) is 1. The van der Waals surface area contributed by atoms with Crippen molar-refractivity contribution >= 4 is 29.9 Å². The topological polar surface area (TPSA) is 41.6 Å². The SMILES string of the molecule is CN(C(N)=NCC1Cc2ccccc21)C1CC1.I. The molecule has 2 aliphatic rings. The van der Waals surface area contributed by atoms with Crippen molar-refractivity contribution in [3.63, 3.8) is 0 Å². The van der Waals surface area contributed by atoms with Crippen molar-refractivity contribution in [1.29, 1.82) is 0 Å². The summed E-state index contributed by atoms with van der Waals surface area (Å²) >= 11 is 0. The van der Waals surface area contributed by atoms with E-state index in [0.29, 0.717) is 17.9 Å². The molecule has 0 amide bonds. The third kappa shape index (κ3) is 2.63. The van der Waals surface area contributed by atoms with E-state index in [4.69, 9.17) is 5.73 Å². The van der Waals surface area contributed by atoms with Gasteiger partial charge in [0.05, 0.1) is 0 Å². The maximum atomic E-state index is 5.98. The third-order valence-electron chi connectivity index (χ3n) is 3.89. The van der Waals surface area contributed by atoms with E-state index in [-0.39, 0.29) is 24.0 Å². The molecule has 0 spiro atoms. The average molecular weight is 357 g/mol. The minimum Gasteiger partial charge on any atom is -0.370 e. The molecule has 0 aliphatic heterocycles. The van der Waals surface area contributed by atoms with Gasteiger partial charge in [-0.3, -0.25) is 4.99 Å². The minimum atomic E-state index is 0. The lowest BCUT2D eigenvalue weighted by atomic mass is 9.78. The number of nitrogens with two attached hydrogens (primary N) is 1. The van der Waals surface area contributed by atoms with Crippen molar-refractivity contribution in [3.05, 3.63) is 35.4 Å². The Morgan fingerprint density at radius 3 is 2.78 bits per heavy atom. The molecule has 1 aromatic carbocycles. The molecule has 1 unspecified atom stereocenters. The van der Waals surface area contributed by atoms with Crippen LogP contribution in [0.5, 0.6) is 0 Å². The van der Waals surface area contributed by atoms with E-state index in [1.165, 1.54) is 24.0 Å². The fourth-order valence-corrected chi connectivity index (χ4v) is 2.49. The number of guanidine groups is 1. The first-order chi connectivity index (χ1) is 8.25. The number of halogens is 1. The summed E-state index contributed by atoms with van der Waals surface area (Å²) in [6.07, 6.45) is 3.68. The highest BCUT2D eigenvalue weighted by atomic mass is 127. The van der Waals surface area contributed by atoms with Crippen LogP contribution in [-0.4, -0.2) is 30.5 Å². The van der Waals surface area contributed by atoms with Gasteiger partial charge >= 0.3 is 0 Å². The van der Waals surface area contributed by atoms with Crippen LogP contribution < -0.4 is 5.73 Å². The highest BCUT2D eigenvalue weighted by Gasteiger charge is 2.28. The van der Waals surface area contributed by atoms with E-state index in [0.717, 1.165) is 13.0 Å².